The molecule has 0 amide bonds. The van der Waals surface area contributed by atoms with Crippen molar-refractivity contribution in [3.8, 4) is 0 Å². The van der Waals surface area contributed by atoms with Gasteiger partial charge in [-0.2, -0.15) is 0 Å². The summed E-state index contributed by atoms with van der Waals surface area (Å²) in [6, 6.07) is 0. The highest BCUT2D eigenvalue weighted by Crippen LogP contribution is 2.15. The summed E-state index contributed by atoms with van der Waals surface area (Å²) in [5.74, 6) is -0.193. The highest BCUT2D eigenvalue weighted by molar-refractivity contribution is 5.89. The predicted molar refractivity (Wildman–Crippen MR) is 62.5 cm³/mol. The zero-order valence-electron chi connectivity index (χ0n) is 10.4. The van der Waals surface area contributed by atoms with E-state index >= 15 is 0 Å². The van der Waals surface area contributed by atoms with E-state index in [1.54, 1.807) is 0 Å². The van der Waals surface area contributed by atoms with Crippen LogP contribution in [0.15, 0.2) is 11.3 Å². The molecule has 0 aromatic heterocycles. The molecule has 15 heavy (non-hydrogen) atoms. The standard InChI is InChI=1S/C12H23NO2/c1-5-8-9-10(12(14)15-4)11(6-2)13-7-3/h13H,5-9H2,1-4H3/b11-10-. The molecule has 88 valence electrons. The van der Waals surface area contributed by atoms with Crippen LogP contribution in [0, 0.1) is 0 Å². The van der Waals surface area contributed by atoms with E-state index in [9.17, 15) is 4.79 Å². The van der Waals surface area contributed by atoms with Crippen LogP contribution in [0.25, 0.3) is 0 Å². The molecule has 0 saturated carbocycles. The third-order valence-corrected chi connectivity index (χ3v) is 2.32. The number of hydrogen-bond donors (Lipinski definition) is 1. The van der Waals surface area contributed by atoms with Gasteiger partial charge in [-0.25, -0.2) is 4.79 Å². The van der Waals surface area contributed by atoms with Crippen molar-refractivity contribution in [3.63, 3.8) is 0 Å². The molecule has 0 aromatic rings. The minimum Gasteiger partial charge on any atom is -0.466 e. The van der Waals surface area contributed by atoms with Crippen molar-refractivity contribution in [2.75, 3.05) is 13.7 Å². The summed E-state index contributed by atoms with van der Waals surface area (Å²) in [7, 11) is 1.44. The van der Waals surface area contributed by atoms with E-state index in [0.29, 0.717) is 0 Å². The van der Waals surface area contributed by atoms with Gasteiger partial charge in [-0.05, 0) is 26.2 Å². The van der Waals surface area contributed by atoms with Crippen LogP contribution in [0.3, 0.4) is 0 Å². The fourth-order valence-electron chi connectivity index (χ4n) is 1.51. The number of carbonyl (C=O) groups is 1. The van der Waals surface area contributed by atoms with Gasteiger partial charge < -0.3 is 10.1 Å². The first kappa shape index (κ1) is 14.0. The van der Waals surface area contributed by atoms with Gasteiger partial charge in [-0.1, -0.05) is 20.3 Å². The number of nitrogens with one attached hydrogen (secondary N) is 1. The maximum Gasteiger partial charge on any atom is 0.335 e. The summed E-state index contributed by atoms with van der Waals surface area (Å²) in [5, 5.41) is 3.24. The average Bonchev–Trinajstić information content (AvgIpc) is 2.27. The van der Waals surface area contributed by atoms with E-state index in [-0.39, 0.29) is 5.97 Å². The summed E-state index contributed by atoms with van der Waals surface area (Å²) in [6.07, 6.45) is 3.77. The zero-order valence-corrected chi connectivity index (χ0v) is 10.4. The number of rotatable bonds is 7. The van der Waals surface area contributed by atoms with Crippen LogP contribution in [-0.4, -0.2) is 19.6 Å². The number of esters is 1. The zero-order chi connectivity index (χ0) is 11.7. The van der Waals surface area contributed by atoms with E-state index in [0.717, 1.165) is 43.5 Å². The smallest absolute Gasteiger partial charge is 0.335 e. The lowest BCUT2D eigenvalue weighted by atomic mass is 10.1. The van der Waals surface area contributed by atoms with Crippen LogP contribution in [0.5, 0.6) is 0 Å². The second kappa shape index (κ2) is 8.33. The molecule has 0 atom stereocenters. The van der Waals surface area contributed by atoms with Crippen molar-refractivity contribution in [2.24, 2.45) is 0 Å². The second-order valence-corrected chi connectivity index (χ2v) is 3.44. The van der Waals surface area contributed by atoms with Gasteiger partial charge in [0.15, 0.2) is 0 Å². The molecule has 1 N–H and O–H groups in total. The molecular weight excluding hydrogens is 190 g/mol. The minimum absolute atomic E-state index is 0.193. The molecule has 3 nitrogen and oxygen atoms in total. The van der Waals surface area contributed by atoms with Gasteiger partial charge in [-0.15, -0.1) is 0 Å². The second-order valence-electron chi connectivity index (χ2n) is 3.44. The largest absolute Gasteiger partial charge is 0.466 e. The molecule has 0 unspecified atom stereocenters. The molecule has 0 aliphatic carbocycles. The molecule has 0 aliphatic heterocycles. The minimum atomic E-state index is -0.193. The summed E-state index contributed by atoms with van der Waals surface area (Å²) >= 11 is 0. The molecule has 0 bridgehead atoms. The SMILES string of the molecule is CCCC/C(C(=O)OC)=C(\CC)NCC. The number of ether oxygens (including phenoxy) is 1. The maximum atomic E-state index is 11.6. The average molecular weight is 213 g/mol. The molecular formula is C12H23NO2. The molecule has 0 saturated heterocycles. The van der Waals surface area contributed by atoms with Crippen molar-refractivity contribution < 1.29 is 9.53 Å². The summed E-state index contributed by atoms with van der Waals surface area (Å²) in [6.45, 7) is 7.04. The third-order valence-electron chi connectivity index (χ3n) is 2.32. The first-order valence-electron chi connectivity index (χ1n) is 5.75. The van der Waals surface area contributed by atoms with Crippen molar-refractivity contribution in [2.45, 2.75) is 46.5 Å². The van der Waals surface area contributed by atoms with E-state index in [4.69, 9.17) is 4.74 Å². The Bertz CT molecular complexity index is 222. The van der Waals surface area contributed by atoms with Gasteiger partial charge in [-0.3, -0.25) is 0 Å². The quantitative estimate of drug-likeness (QED) is 0.522. The van der Waals surface area contributed by atoms with Crippen molar-refractivity contribution in [3.05, 3.63) is 11.3 Å². The van der Waals surface area contributed by atoms with E-state index in [2.05, 4.69) is 12.2 Å². The Balaban J connectivity index is 4.74. The van der Waals surface area contributed by atoms with Gasteiger partial charge >= 0.3 is 5.97 Å². The molecule has 0 spiro atoms. The Kier molecular flexibility index (Phi) is 7.78. The lowest BCUT2D eigenvalue weighted by molar-refractivity contribution is -0.136. The monoisotopic (exact) mass is 213 g/mol. The Labute approximate surface area is 92.9 Å². The number of hydrogen-bond acceptors (Lipinski definition) is 3. The summed E-state index contributed by atoms with van der Waals surface area (Å²) < 4.78 is 4.80. The lowest BCUT2D eigenvalue weighted by Gasteiger charge is -2.13. The Morgan fingerprint density at radius 2 is 1.93 bits per heavy atom. The fourth-order valence-corrected chi connectivity index (χ4v) is 1.51. The molecule has 0 rings (SSSR count). The maximum absolute atomic E-state index is 11.6. The summed E-state index contributed by atoms with van der Waals surface area (Å²) in [4.78, 5) is 11.6. The molecule has 0 aromatic carbocycles. The first-order chi connectivity index (χ1) is 7.21. The van der Waals surface area contributed by atoms with Gasteiger partial charge in [0.05, 0.1) is 12.7 Å². The van der Waals surface area contributed by atoms with Gasteiger partial charge in [0.1, 0.15) is 0 Å². The molecule has 0 fully saturated rings. The molecule has 0 heterocycles. The Hall–Kier alpha value is -0.990. The van der Waals surface area contributed by atoms with Gasteiger partial charge in [0, 0.05) is 12.2 Å². The van der Waals surface area contributed by atoms with Crippen molar-refractivity contribution in [1.29, 1.82) is 0 Å². The highest BCUT2D eigenvalue weighted by Gasteiger charge is 2.13. The molecule has 0 radical (unpaired) electrons. The summed E-state index contributed by atoms with van der Waals surface area (Å²) in [5.41, 5.74) is 1.83. The Morgan fingerprint density at radius 3 is 2.33 bits per heavy atom. The van der Waals surface area contributed by atoms with Crippen LogP contribution in [0.4, 0.5) is 0 Å². The van der Waals surface area contributed by atoms with Crippen LogP contribution < -0.4 is 5.32 Å². The molecule has 3 heteroatoms. The van der Waals surface area contributed by atoms with E-state index in [1.807, 2.05) is 13.8 Å². The van der Waals surface area contributed by atoms with Crippen LogP contribution >= 0.6 is 0 Å². The van der Waals surface area contributed by atoms with Crippen LogP contribution in [0.2, 0.25) is 0 Å². The lowest BCUT2D eigenvalue weighted by Crippen LogP contribution is -2.18. The molecule has 0 aliphatic rings. The normalized spacial score (nSPS) is 12.0. The van der Waals surface area contributed by atoms with E-state index in [1.165, 1.54) is 7.11 Å². The first-order valence-corrected chi connectivity index (χ1v) is 5.75. The number of allylic oxidation sites excluding steroid dienone is 1. The topological polar surface area (TPSA) is 38.3 Å². The van der Waals surface area contributed by atoms with Crippen molar-refractivity contribution >= 4 is 5.97 Å². The highest BCUT2D eigenvalue weighted by atomic mass is 16.5. The van der Waals surface area contributed by atoms with Gasteiger partial charge in [0.2, 0.25) is 0 Å². The Morgan fingerprint density at radius 1 is 1.27 bits per heavy atom. The van der Waals surface area contributed by atoms with Crippen LogP contribution in [0.1, 0.15) is 46.5 Å². The number of unbranched alkanes of at least 4 members (excludes halogenated alkanes) is 1. The number of methoxy groups -OCH3 is 1. The predicted octanol–water partition coefficient (Wildman–Crippen LogP) is 2.62. The van der Waals surface area contributed by atoms with Gasteiger partial charge in [0.25, 0.3) is 0 Å². The van der Waals surface area contributed by atoms with E-state index < -0.39 is 0 Å². The number of carbonyl (C=O) groups excluding carboxylic acids is 1. The fraction of sp³-hybridized carbons (Fsp3) is 0.750. The van der Waals surface area contributed by atoms with Crippen LogP contribution in [-0.2, 0) is 9.53 Å². The third kappa shape index (κ3) is 4.86. The van der Waals surface area contributed by atoms with Crippen molar-refractivity contribution in [1.82, 2.24) is 5.32 Å².